The number of methoxy groups -OCH3 is 2. The van der Waals surface area contributed by atoms with Crippen molar-refractivity contribution in [3.8, 4) is 11.5 Å². The Kier molecular flexibility index (Phi) is 8.28. The Morgan fingerprint density at radius 3 is 2.37 bits per heavy atom. The number of hydrogen-bond acceptors (Lipinski definition) is 6. The van der Waals surface area contributed by atoms with Crippen LogP contribution in [0.2, 0.25) is 5.02 Å². The molecule has 3 aromatic rings. The molecule has 0 radical (unpaired) electrons. The standard InChI is InChI=1S/C23H21ClF2N2O6S/c1-33-20-8-5-15(11-21(20)34-2)35(31,32)27-12-22(29)28-19-7-3-13(24)9-17(19)23(30)16-6-4-14(25)10-18(16)26/h3-11,23,27,30H,12H2,1-2H3,(H,28,29). The molecule has 186 valence electrons. The van der Waals surface area contributed by atoms with Gasteiger partial charge in [-0.05, 0) is 36.4 Å². The fourth-order valence-electron chi connectivity index (χ4n) is 3.19. The summed E-state index contributed by atoms with van der Waals surface area (Å²) in [6, 6.07) is 10.7. The summed E-state index contributed by atoms with van der Waals surface area (Å²) in [4.78, 5) is 12.3. The third-order valence-electron chi connectivity index (χ3n) is 4.93. The van der Waals surface area contributed by atoms with Crippen molar-refractivity contribution in [2.24, 2.45) is 0 Å². The van der Waals surface area contributed by atoms with Gasteiger partial charge in [-0.3, -0.25) is 4.79 Å². The lowest BCUT2D eigenvalue weighted by Crippen LogP contribution is -2.33. The van der Waals surface area contributed by atoms with Crippen LogP contribution in [-0.2, 0) is 14.8 Å². The van der Waals surface area contributed by atoms with Crippen molar-refractivity contribution in [1.29, 1.82) is 0 Å². The van der Waals surface area contributed by atoms with E-state index in [1.807, 2.05) is 0 Å². The van der Waals surface area contributed by atoms with Gasteiger partial charge in [-0.15, -0.1) is 0 Å². The van der Waals surface area contributed by atoms with Crippen LogP contribution in [0.5, 0.6) is 11.5 Å². The summed E-state index contributed by atoms with van der Waals surface area (Å²) in [5.74, 6) is -2.06. The maximum atomic E-state index is 14.2. The number of aliphatic hydroxyl groups excluding tert-OH is 1. The highest BCUT2D eigenvalue weighted by Gasteiger charge is 2.22. The number of anilines is 1. The molecule has 0 aromatic heterocycles. The molecule has 0 saturated carbocycles. The number of ether oxygens (including phenoxy) is 2. The first kappa shape index (κ1) is 26.4. The number of carbonyl (C=O) groups is 1. The van der Waals surface area contributed by atoms with Gasteiger partial charge in [0.1, 0.15) is 17.7 Å². The molecule has 3 N–H and O–H groups in total. The summed E-state index contributed by atoms with van der Waals surface area (Å²) in [7, 11) is -1.34. The van der Waals surface area contributed by atoms with E-state index >= 15 is 0 Å². The second-order valence-corrected chi connectivity index (χ2v) is 9.39. The largest absolute Gasteiger partial charge is 0.493 e. The molecule has 0 aliphatic carbocycles. The number of aliphatic hydroxyl groups is 1. The SMILES string of the molecule is COc1ccc(S(=O)(=O)NCC(=O)Nc2ccc(Cl)cc2C(O)c2ccc(F)cc2F)cc1OC. The molecule has 0 saturated heterocycles. The predicted molar refractivity (Wildman–Crippen MR) is 125 cm³/mol. The summed E-state index contributed by atoms with van der Waals surface area (Å²) in [5, 5.41) is 13.3. The van der Waals surface area contributed by atoms with Gasteiger partial charge in [0.25, 0.3) is 0 Å². The van der Waals surface area contributed by atoms with Crippen molar-refractivity contribution in [3.05, 3.63) is 82.4 Å². The van der Waals surface area contributed by atoms with E-state index in [0.717, 1.165) is 12.1 Å². The number of carbonyl (C=O) groups excluding carboxylic acids is 1. The predicted octanol–water partition coefficient (Wildman–Crippen LogP) is 3.63. The number of sulfonamides is 1. The third kappa shape index (κ3) is 6.25. The van der Waals surface area contributed by atoms with Crippen molar-refractivity contribution in [1.82, 2.24) is 4.72 Å². The van der Waals surface area contributed by atoms with Gasteiger partial charge in [0.05, 0.1) is 25.7 Å². The van der Waals surface area contributed by atoms with Crippen molar-refractivity contribution < 1.29 is 36.6 Å². The molecular weight excluding hydrogens is 506 g/mol. The molecule has 0 bridgehead atoms. The van der Waals surface area contributed by atoms with Crippen LogP contribution >= 0.6 is 11.6 Å². The van der Waals surface area contributed by atoms with Crippen LogP contribution in [0.25, 0.3) is 0 Å². The van der Waals surface area contributed by atoms with E-state index in [2.05, 4.69) is 10.0 Å². The van der Waals surface area contributed by atoms with Gasteiger partial charge in [-0.1, -0.05) is 17.7 Å². The summed E-state index contributed by atoms with van der Waals surface area (Å²) in [6.45, 7) is -0.653. The first-order valence-electron chi connectivity index (χ1n) is 9.99. The van der Waals surface area contributed by atoms with E-state index in [4.69, 9.17) is 21.1 Å². The van der Waals surface area contributed by atoms with Gasteiger partial charge in [-0.25, -0.2) is 21.9 Å². The average Bonchev–Trinajstić information content (AvgIpc) is 2.83. The number of halogens is 3. The van der Waals surface area contributed by atoms with Gasteiger partial charge >= 0.3 is 0 Å². The number of benzene rings is 3. The van der Waals surface area contributed by atoms with E-state index in [1.165, 1.54) is 50.6 Å². The normalized spacial score (nSPS) is 12.2. The first-order valence-corrected chi connectivity index (χ1v) is 11.9. The highest BCUT2D eigenvalue weighted by Crippen LogP contribution is 2.32. The van der Waals surface area contributed by atoms with Gasteiger partial charge < -0.3 is 19.9 Å². The maximum absolute atomic E-state index is 14.2. The zero-order valence-corrected chi connectivity index (χ0v) is 20.1. The molecule has 3 rings (SSSR count). The Hall–Kier alpha value is -3.25. The molecule has 8 nitrogen and oxygen atoms in total. The number of amides is 1. The Morgan fingerprint density at radius 2 is 1.71 bits per heavy atom. The summed E-state index contributed by atoms with van der Waals surface area (Å²) >= 11 is 6.00. The van der Waals surface area contributed by atoms with Crippen molar-refractivity contribution in [2.75, 3.05) is 26.1 Å². The molecular formula is C23H21ClF2N2O6S. The van der Waals surface area contributed by atoms with Crippen LogP contribution in [0.3, 0.4) is 0 Å². The molecule has 3 aromatic carbocycles. The third-order valence-corrected chi connectivity index (χ3v) is 6.56. The second-order valence-electron chi connectivity index (χ2n) is 7.19. The highest BCUT2D eigenvalue weighted by atomic mass is 35.5. The van der Waals surface area contributed by atoms with E-state index in [-0.39, 0.29) is 32.5 Å². The lowest BCUT2D eigenvalue weighted by molar-refractivity contribution is -0.115. The summed E-state index contributed by atoms with van der Waals surface area (Å²) < 4.78 is 65.0. The number of rotatable bonds is 9. The summed E-state index contributed by atoms with van der Waals surface area (Å²) in [6.07, 6.45) is -1.59. The Balaban J connectivity index is 1.77. The summed E-state index contributed by atoms with van der Waals surface area (Å²) in [5.41, 5.74) is -0.154. The van der Waals surface area contributed by atoms with Gasteiger partial charge in [-0.2, -0.15) is 0 Å². The smallest absolute Gasteiger partial charge is 0.241 e. The van der Waals surface area contributed by atoms with Crippen molar-refractivity contribution >= 4 is 33.2 Å². The molecule has 1 amide bonds. The minimum atomic E-state index is -4.09. The van der Waals surface area contributed by atoms with E-state index in [0.29, 0.717) is 11.8 Å². The molecule has 1 atom stereocenters. The fourth-order valence-corrected chi connectivity index (χ4v) is 4.36. The van der Waals surface area contributed by atoms with E-state index in [1.54, 1.807) is 0 Å². The number of nitrogens with one attached hydrogen (secondary N) is 2. The van der Waals surface area contributed by atoms with Crippen LogP contribution in [0.15, 0.2) is 59.5 Å². The molecule has 1 unspecified atom stereocenters. The lowest BCUT2D eigenvalue weighted by atomic mass is 9.99. The topological polar surface area (TPSA) is 114 Å². The van der Waals surface area contributed by atoms with Gasteiger partial charge in [0, 0.05) is 34.0 Å². The Morgan fingerprint density at radius 1 is 1.00 bits per heavy atom. The second kappa shape index (κ2) is 11.0. The van der Waals surface area contributed by atoms with Crippen LogP contribution in [0, 0.1) is 11.6 Å². The maximum Gasteiger partial charge on any atom is 0.241 e. The Labute approximate surface area is 205 Å². The molecule has 0 fully saturated rings. The molecule has 12 heteroatoms. The van der Waals surface area contributed by atoms with Crippen LogP contribution in [0.1, 0.15) is 17.2 Å². The number of hydrogen-bond donors (Lipinski definition) is 3. The van der Waals surface area contributed by atoms with E-state index in [9.17, 15) is 27.1 Å². The van der Waals surface area contributed by atoms with Crippen LogP contribution < -0.4 is 19.5 Å². The van der Waals surface area contributed by atoms with Crippen molar-refractivity contribution in [2.45, 2.75) is 11.0 Å². The monoisotopic (exact) mass is 526 g/mol. The van der Waals surface area contributed by atoms with Gasteiger partial charge in [0.2, 0.25) is 15.9 Å². The Bertz CT molecular complexity index is 1350. The molecule has 0 aliphatic heterocycles. The minimum absolute atomic E-state index is 0.0270. The van der Waals surface area contributed by atoms with Crippen LogP contribution in [-0.4, -0.2) is 40.2 Å². The average molecular weight is 527 g/mol. The zero-order valence-electron chi connectivity index (χ0n) is 18.5. The van der Waals surface area contributed by atoms with Gasteiger partial charge in [0.15, 0.2) is 11.5 Å². The van der Waals surface area contributed by atoms with E-state index < -0.39 is 40.2 Å². The first-order chi connectivity index (χ1) is 16.6. The fraction of sp³-hybridized carbons (Fsp3) is 0.174. The quantitative estimate of drug-likeness (QED) is 0.392. The van der Waals surface area contributed by atoms with Crippen LogP contribution in [0.4, 0.5) is 14.5 Å². The van der Waals surface area contributed by atoms with Crippen molar-refractivity contribution in [3.63, 3.8) is 0 Å². The zero-order chi connectivity index (χ0) is 25.8. The minimum Gasteiger partial charge on any atom is -0.493 e. The lowest BCUT2D eigenvalue weighted by Gasteiger charge is -2.18. The molecule has 0 spiro atoms. The molecule has 0 heterocycles. The molecule has 35 heavy (non-hydrogen) atoms. The molecule has 0 aliphatic rings. The highest BCUT2D eigenvalue weighted by molar-refractivity contribution is 7.89.